The normalized spacial score (nSPS) is 10.9. The summed E-state index contributed by atoms with van der Waals surface area (Å²) in [4.78, 5) is 26.5. The number of rotatable bonds is 8. The van der Waals surface area contributed by atoms with Crippen LogP contribution in [0.25, 0.3) is 11.0 Å². The second-order valence-electron chi connectivity index (χ2n) is 7.49. The first-order chi connectivity index (χ1) is 16.7. The van der Waals surface area contributed by atoms with Gasteiger partial charge in [0.25, 0.3) is 5.91 Å². The minimum Gasteiger partial charge on any atom is -0.497 e. The third-order valence-electron chi connectivity index (χ3n) is 5.28. The maximum Gasteiger partial charge on any atom is 0.277 e. The molecule has 3 aromatic heterocycles. The molecule has 2 N–H and O–H groups in total. The molecule has 0 saturated heterocycles. The van der Waals surface area contributed by atoms with E-state index in [0.717, 1.165) is 34.6 Å². The van der Waals surface area contributed by atoms with Gasteiger partial charge in [0.2, 0.25) is 5.95 Å². The summed E-state index contributed by atoms with van der Waals surface area (Å²) in [5.74, 6) is 0.948. The number of nitrogens with zero attached hydrogens (tertiary/aromatic N) is 4. The Hall–Kier alpha value is -4.24. The summed E-state index contributed by atoms with van der Waals surface area (Å²) in [6.45, 7) is 0.633. The van der Waals surface area contributed by atoms with Crippen molar-refractivity contribution in [1.29, 1.82) is 0 Å². The smallest absolute Gasteiger partial charge is 0.277 e. The number of carbonyl (C=O) groups excluding carboxylic acids is 1. The summed E-state index contributed by atoms with van der Waals surface area (Å²) < 4.78 is 7.19. The number of imidazole rings is 1. The molecule has 0 unspecified atom stereocenters. The molecule has 0 atom stereocenters. The fourth-order valence-electron chi connectivity index (χ4n) is 3.57. The molecule has 5 rings (SSSR count). The number of amides is 1. The van der Waals surface area contributed by atoms with Gasteiger partial charge in [-0.3, -0.25) is 15.1 Å². The molecule has 0 aliphatic heterocycles. The molecule has 0 fully saturated rings. The molecule has 8 nitrogen and oxygen atoms in total. The van der Waals surface area contributed by atoms with Crippen LogP contribution >= 0.6 is 11.3 Å². The Morgan fingerprint density at radius 3 is 2.65 bits per heavy atom. The average molecular weight is 471 g/mol. The van der Waals surface area contributed by atoms with Gasteiger partial charge in [-0.1, -0.05) is 18.2 Å². The number of ether oxygens (including phenoxy) is 1. The van der Waals surface area contributed by atoms with Crippen molar-refractivity contribution in [2.24, 2.45) is 0 Å². The number of methoxy groups -OCH3 is 1. The SMILES string of the molecule is COc1ccc(Nc2nc(C(=O)Nc3nc4ccccc4n3CCc3ccccn3)cs2)cc1. The third-order valence-corrected chi connectivity index (χ3v) is 6.03. The Kier molecular flexibility index (Phi) is 6.17. The Morgan fingerprint density at radius 2 is 1.85 bits per heavy atom. The molecule has 9 heteroatoms. The minimum atomic E-state index is -0.312. The topological polar surface area (TPSA) is 94.0 Å². The van der Waals surface area contributed by atoms with Crippen LogP contribution in [0.15, 0.2) is 78.3 Å². The van der Waals surface area contributed by atoms with Gasteiger partial charge in [0.15, 0.2) is 5.13 Å². The highest BCUT2D eigenvalue weighted by molar-refractivity contribution is 7.14. The lowest BCUT2D eigenvalue weighted by Crippen LogP contribution is -2.17. The van der Waals surface area contributed by atoms with Gasteiger partial charge >= 0.3 is 0 Å². The molecule has 1 amide bonds. The number of pyridine rings is 1. The van der Waals surface area contributed by atoms with E-state index in [1.165, 1.54) is 11.3 Å². The van der Waals surface area contributed by atoms with Gasteiger partial charge in [-0.15, -0.1) is 11.3 Å². The van der Waals surface area contributed by atoms with Gasteiger partial charge in [0.1, 0.15) is 11.4 Å². The molecule has 0 spiro atoms. The van der Waals surface area contributed by atoms with Crippen molar-refractivity contribution in [1.82, 2.24) is 19.5 Å². The van der Waals surface area contributed by atoms with Gasteiger partial charge in [-0.2, -0.15) is 0 Å². The zero-order chi connectivity index (χ0) is 23.3. The van der Waals surface area contributed by atoms with Crippen LogP contribution in [0.2, 0.25) is 0 Å². The average Bonchev–Trinajstić information content (AvgIpc) is 3.48. The highest BCUT2D eigenvalue weighted by Crippen LogP contribution is 2.24. The van der Waals surface area contributed by atoms with E-state index in [2.05, 4.69) is 25.6 Å². The van der Waals surface area contributed by atoms with Crippen LogP contribution in [-0.4, -0.2) is 32.5 Å². The van der Waals surface area contributed by atoms with E-state index in [1.807, 2.05) is 71.3 Å². The van der Waals surface area contributed by atoms with Crippen LogP contribution in [0.4, 0.5) is 16.8 Å². The molecule has 3 heterocycles. The molecule has 170 valence electrons. The lowest BCUT2D eigenvalue weighted by atomic mass is 10.2. The van der Waals surface area contributed by atoms with Gasteiger partial charge in [-0.05, 0) is 48.5 Å². The second kappa shape index (κ2) is 9.72. The molecule has 2 aromatic carbocycles. The predicted molar refractivity (Wildman–Crippen MR) is 134 cm³/mol. The summed E-state index contributed by atoms with van der Waals surface area (Å²) >= 11 is 1.36. The third kappa shape index (κ3) is 4.74. The number of thiazole rings is 1. The fourth-order valence-corrected chi connectivity index (χ4v) is 4.28. The maximum atomic E-state index is 13.0. The number of aromatic nitrogens is 4. The molecule has 0 saturated carbocycles. The summed E-state index contributed by atoms with van der Waals surface area (Å²) in [6.07, 6.45) is 2.50. The van der Waals surface area contributed by atoms with E-state index in [1.54, 1.807) is 18.7 Å². The van der Waals surface area contributed by atoms with Crippen LogP contribution < -0.4 is 15.4 Å². The van der Waals surface area contributed by atoms with Crippen molar-refractivity contribution in [3.05, 3.63) is 89.7 Å². The lowest BCUT2D eigenvalue weighted by Gasteiger charge is -2.09. The zero-order valence-electron chi connectivity index (χ0n) is 18.4. The first kappa shape index (κ1) is 21.6. The second-order valence-corrected chi connectivity index (χ2v) is 8.35. The van der Waals surface area contributed by atoms with Crippen molar-refractivity contribution < 1.29 is 9.53 Å². The van der Waals surface area contributed by atoms with E-state index in [9.17, 15) is 4.79 Å². The standard InChI is InChI=1S/C25H22N6O2S/c1-33-19-11-9-18(10-12-19)27-25-29-21(16-34-25)23(32)30-24-28-20-7-2-3-8-22(20)31(24)15-13-17-6-4-5-14-26-17/h2-12,14,16H,13,15H2,1H3,(H,27,29)(H,28,30,32). The fraction of sp³-hybridized carbons (Fsp3) is 0.120. The quantitative estimate of drug-likeness (QED) is 0.326. The molecule has 34 heavy (non-hydrogen) atoms. The zero-order valence-corrected chi connectivity index (χ0v) is 19.2. The Morgan fingerprint density at radius 1 is 1.03 bits per heavy atom. The molecular formula is C25H22N6O2S. The van der Waals surface area contributed by atoms with Crippen LogP contribution in [0.3, 0.4) is 0 Å². The van der Waals surface area contributed by atoms with E-state index in [-0.39, 0.29) is 5.91 Å². The van der Waals surface area contributed by atoms with Gasteiger partial charge in [-0.25, -0.2) is 9.97 Å². The van der Waals surface area contributed by atoms with Crippen molar-refractivity contribution in [3.8, 4) is 5.75 Å². The van der Waals surface area contributed by atoms with E-state index >= 15 is 0 Å². The summed E-state index contributed by atoms with van der Waals surface area (Å²) in [7, 11) is 1.63. The van der Waals surface area contributed by atoms with Gasteiger partial charge < -0.3 is 14.6 Å². The van der Waals surface area contributed by atoms with Crippen molar-refractivity contribution in [2.75, 3.05) is 17.7 Å². The first-order valence-electron chi connectivity index (χ1n) is 10.7. The van der Waals surface area contributed by atoms with E-state index in [4.69, 9.17) is 4.74 Å². The molecular weight excluding hydrogens is 448 g/mol. The largest absolute Gasteiger partial charge is 0.497 e. The van der Waals surface area contributed by atoms with Crippen LogP contribution in [0.1, 0.15) is 16.2 Å². The number of nitrogens with one attached hydrogen (secondary N) is 2. The summed E-state index contributed by atoms with van der Waals surface area (Å²) in [6, 6.07) is 21.2. The molecule has 5 aromatic rings. The monoisotopic (exact) mass is 470 g/mol. The predicted octanol–water partition coefficient (Wildman–Crippen LogP) is 5.14. The van der Waals surface area contributed by atoms with Gasteiger partial charge in [0, 0.05) is 35.9 Å². The van der Waals surface area contributed by atoms with Crippen LogP contribution in [-0.2, 0) is 13.0 Å². The first-order valence-corrected chi connectivity index (χ1v) is 11.6. The number of hydrogen-bond donors (Lipinski definition) is 2. The Bertz CT molecular complexity index is 1410. The number of aryl methyl sites for hydroxylation is 2. The molecule has 0 bridgehead atoms. The molecule has 0 aliphatic rings. The number of benzene rings is 2. The van der Waals surface area contributed by atoms with Crippen molar-refractivity contribution >= 4 is 45.0 Å². The lowest BCUT2D eigenvalue weighted by molar-refractivity contribution is 0.102. The maximum absolute atomic E-state index is 13.0. The number of anilines is 3. The van der Waals surface area contributed by atoms with Crippen LogP contribution in [0, 0.1) is 0 Å². The number of carbonyl (C=O) groups is 1. The van der Waals surface area contributed by atoms with Crippen LogP contribution in [0.5, 0.6) is 5.75 Å². The van der Waals surface area contributed by atoms with Gasteiger partial charge in [0.05, 0.1) is 18.1 Å². The number of para-hydroxylation sites is 2. The number of fused-ring (bicyclic) bond motifs is 1. The van der Waals surface area contributed by atoms with E-state index in [0.29, 0.717) is 23.3 Å². The Balaban J connectivity index is 1.33. The molecule has 0 radical (unpaired) electrons. The highest BCUT2D eigenvalue weighted by Gasteiger charge is 2.17. The number of hydrogen-bond acceptors (Lipinski definition) is 7. The minimum absolute atomic E-state index is 0.312. The van der Waals surface area contributed by atoms with E-state index < -0.39 is 0 Å². The molecule has 0 aliphatic carbocycles. The van der Waals surface area contributed by atoms with Crippen molar-refractivity contribution in [3.63, 3.8) is 0 Å². The summed E-state index contributed by atoms with van der Waals surface area (Å²) in [5, 5.41) is 8.50. The summed E-state index contributed by atoms with van der Waals surface area (Å²) in [5.41, 5.74) is 3.93. The Labute approximate surface area is 200 Å². The highest BCUT2D eigenvalue weighted by atomic mass is 32.1. The van der Waals surface area contributed by atoms with Crippen molar-refractivity contribution in [2.45, 2.75) is 13.0 Å².